The summed E-state index contributed by atoms with van der Waals surface area (Å²) >= 11 is 0. The molecule has 0 radical (unpaired) electrons. The van der Waals surface area contributed by atoms with Gasteiger partial charge in [-0.05, 0) is 7.05 Å². The smallest absolute Gasteiger partial charge is 0.321 e. The van der Waals surface area contributed by atoms with E-state index in [0.29, 0.717) is 12.1 Å². The molecule has 0 fully saturated rings. The van der Waals surface area contributed by atoms with Gasteiger partial charge in [-0.1, -0.05) is 0 Å². The van der Waals surface area contributed by atoms with Crippen LogP contribution in [0.3, 0.4) is 0 Å². The number of hydrogen-bond acceptors (Lipinski definition) is 4. The number of aliphatic carboxylic acids is 1. The van der Waals surface area contributed by atoms with E-state index in [4.69, 9.17) is 10.9 Å². The number of carboxylic acids is 1. The molecule has 0 saturated carbocycles. The highest BCUT2D eigenvalue weighted by molar-refractivity contribution is 5.73. The highest BCUT2D eigenvalue weighted by atomic mass is 16.4. The van der Waals surface area contributed by atoms with Crippen LogP contribution in [-0.2, 0) is 11.2 Å². The van der Waals surface area contributed by atoms with Crippen LogP contribution < -0.4 is 11.2 Å². The molecule has 0 amide bonds. The first kappa shape index (κ1) is 9.53. The summed E-state index contributed by atoms with van der Waals surface area (Å²) in [6, 6.07) is -0.626. The van der Waals surface area contributed by atoms with Crippen LogP contribution in [0.4, 0.5) is 0 Å². The Labute approximate surface area is 75.3 Å². The van der Waals surface area contributed by atoms with Crippen molar-refractivity contribution >= 4 is 5.97 Å². The van der Waals surface area contributed by atoms with Gasteiger partial charge in [-0.3, -0.25) is 9.47 Å². The molecule has 72 valence electrons. The van der Waals surface area contributed by atoms with Gasteiger partial charge in [-0.25, -0.2) is 4.98 Å². The van der Waals surface area contributed by atoms with Gasteiger partial charge in [0.15, 0.2) is 0 Å². The molecular weight excluding hydrogens is 172 g/mol. The van der Waals surface area contributed by atoms with E-state index >= 15 is 0 Å². The van der Waals surface area contributed by atoms with Crippen molar-refractivity contribution in [3.8, 4) is 0 Å². The maximum absolute atomic E-state index is 10.6. The molecule has 1 heterocycles. The van der Waals surface area contributed by atoms with Crippen molar-refractivity contribution < 1.29 is 9.90 Å². The van der Waals surface area contributed by atoms with Crippen LogP contribution in [0.25, 0.3) is 0 Å². The van der Waals surface area contributed by atoms with Crippen molar-refractivity contribution in [2.75, 3.05) is 12.9 Å². The number of nitrogen functional groups attached to an aromatic ring is 1. The number of hydrogen-bond donors (Lipinski definition) is 3. The number of nitrogens with zero attached hydrogens (tertiary/aromatic N) is 2. The highest BCUT2D eigenvalue weighted by Gasteiger charge is 2.16. The van der Waals surface area contributed by atoms with Gasteiger partial charge in [-0.15, -0.1) is 0 Å². The van der Waals surface area contributed by atoms with E-state index in [-0.39, 0.29) is 0 Å². The predicted octanol–water partition coefficient (Wildman–Crippen LogP) is -1.19. The molecule has 1 aromatic heterocycles. The molecule has 13 heavy (non-hydrogen) atoms. The molecule has 0 saturated heterocycles. The predicted molar refractivity (Wildman–Crippen MR) is 46.6 cm³/mol. The molecule has 0 unspecified atom stereocenters. The molecule has 0 aliphatic heterocycles. The van der Waals surface area contributed by atoms with Gasteiger partial charge in [0.25, 0.3) is 0 Å². The van der Waals surface area contributed by atoms with Gasteiger partial charge in [0.05, 0.1) is 11.9 Å². The zero-order chi connectivity index (χ0) is 9.84. The van der Waals surface area contributed by atoms with Gasteiger partial charge in [0.1, 0.15) is 12.4 Å². The number of imidazole rings is 1. The highest BCUT2D eigenvalue weighted by Crippen LogP contribution is 1.99. The molecule has 4 N–H and O–H groups in total. The summed E-state index contributed by atoms with van der Waals surface area (Å²) in [6.45, 7) is 0. The van der Waals surface area contributed by atoms with Gasteiger partial charge in [-0.2, -0.15) is 0 Å². The lowest BCUT2D eigenvalue weighted by Crippen LogP contribution is -2.36. The molecule has 1 rings (SSSR count). The second-order valence-electron chi connectivity index (χ2n) is 2.68. The van der Waals surface area contributed by atoms with E-state index in [1.165, 1.54) is 11.0 Å². The molecule has 0 aromatic carbocycles. The van der Waals surface area contributed by atoms with Gasteiger partial charge in [0, 0.05) is 6.42 Å². The van der Waals surface area contributed by atoms with Crippen molar-refractivity contribution in [2.24, 2.45) is 0 Å². The SMILES string of the molecule is CN[C@@H](Cc1cncn1N)C(=O)O. The number of aromatic nitrogens is 2. The summed E-state index contributed by atoms with van der Waals surface area (Å²) in [7, 11) is 1.59. The topological polar surface area (TPSA) is 93.2 Å². The number of nitrogens with one attached hydrogen (secondary N) is 1. The molecule has 0 aliphatic rings. The van der Waals surface area contributed by atoms with Crippen LogP contribution in [0.1, 0.15) is 5.69 Å². The fraction of sp³-hybridized carbons (Fsp3) is 0.429. The van der Waals surface area contributed by atoms with Crippen molar-refractivity contribution in [3.63, 3.8) is 0 Å². The average Bonchev–Trinajstić information content (AvgIpc) is 2.46. The zero-order valence-electron chi connectivity index (χ0n) is 7.27. The first-order chi connectivity index (χ1) is 6.15. The minimum absolute atomic E-state index is 0.322. The monoisotopic (exact) mass is 184 g/mol. The Balaban J connectivity index is 2.67. The second-order valence-corrected chi connectivity index (χ2v) is 2.68. The number of carboxylic acid groups (broad SMARTS) is 1. The van der Waals surface area contributed by atoms with Crippen LogP contribution in [0.2, 0.25) is 0 Å². The Bertz CT molecular complexity index is 296. The molecule has 0 bridgehead atoms. The van der Waals surface area contributed by atoms with Crippen LogP contribution in [0, 0.1) is 0 Å². The Morgan fingerprint density at radius 2 is 2.62 bits per heavy atom. The van der Waals surface area contributed by atoms with E-state index in [0.717, 1.165) is 0 Å². The first-order valence-electron chi connectivity index (χ1n) is 3.81. The third kappa shape index (κ3) is 2.19. The lowest BCUT2D eigenvalue weighted by molar-refractivity contribution is -0.139. The number of nitrogens with two attached hydrogens (primary N) is 1. The third-order valence-corrected chi connectivity index (χ3v) is 1.81. The Morgan fingerprint density at radius 1 is 1.92 bits per heavy atom. The first-order valence-corrected chi connectivity index (χ1v) is 3.81. The molecule has 0 spiro atoms. The lowest BCUT2D eigenvalue weighted by Gasteiger charge is -2.10. The Hall–Kier alpha value is -1.56. The molecule has 0 aliphatic carbocycles. The molecule has 1 aromatic rings. The average molecular weight is 184 g/mol. The van der Waals surface area contributed by atoms with Gasteiger partial charge < -0.3 is 16.3 Å². The standard InChI is InChI=1S/C7H12N4O2/c1-9-6(7(12)13)2-5-3-10-4-11(5)8/h3-4,6,9H,2,8H2,1H3,(H,12,13)/t6-/m0/s1. The van der Waals surface area contributed by atoms with Crippen molar-refractivity contribution in [1.82, 2.24) is 15.0 Å². The molecule has 1 atom stereocenters. The molecular formula is C7H12N4O2. The van der Waals surface area contributed by atoms with E-state index in [1.54, 1.807) is 13.2 Å². The summed E-state index contributed by atoms with van der Waals surface area (Å²) in [5.74, 6) is 4.58. The van der Waals surface area contributed by atoms with Crippen molar-refractivity contribution in [2.45, 2.75) is 12.5 Å². The Kier molecular flexibility index (Phi) is 2.86. The summed E-state index contributed by atoms with van der Waals surface area (Å²) in [6.07, 6.45) is 3.31. The minimum Gasteiger partial charge on any atom is -0.480 e. The second kappa shape index (κ2) is 3.90. The fourth-order valence-corrected chi connectivity index (χ4v) is 1.01. The van der Waals surface area contributed by atoms with Crippen LogP contribution in [-0.4, -0.2) is 33.8 Å². The summed E-state index contributed by atoms with van der Waals surface area (Å²) < 4.78 is 1.31. The number of rotatable bonds is 4. The quantitative estimate of drug-likeness (QED) is 0.512. The van der Waals surface area contributed by atoms with Gasteiger partial charge in [0.2, 0.25) is 0 Å². The molecule has 6 heteroatoms. The third-order valence-electron chi connectivity index (χ3n) is 1.81. The lowest BCUT2D eigenvalue weighted by atomic mass is 10.2. The van der Waals surface area contributed by atoms with E-state index in [1.807, 2.05) is 0 Å². The van der Waals surface area contributed by atoms with Crippen molar-refractivity contribution in [1.29, 1.82) is 0 Å². The maximum Gasteiger partial charge on any atom is 0.321 e. The van der Waals surface area contributed by atoms with Crippen LogP contribution >= 0.6 is 0 Å². The summed E-state index contributed by atoms with van der Waals surface area (Å²) in [5, 5.41) is 11.4. The van der Waals surface area contributed by atoms with E-state index < -0.39 is 12.0 Å². The normalized spacial score (nSPS) is 12.7. The summed E-state index contributed by atoms with van der Waals surface area (Å²) in [5.41, 5.74) is 0.682. The number of likely N-dealkylation sites (N-methyl/N-ethyl adjacent to an activating group) is 1. The van der Waals surface area contributed by atoms with Crippen molar-refractivity contribution in [3.05, 3.63) is 18.2 Å². The number of carbonyl (C=O) groups is 1. The minimum atomic E-state index is -0.899. The fourth-order valence-electron chi connectivity index (χ4n) is 1.01. The van der Waals surface area contributed by atoms with Crippen LogP contribution in [0.5, 0.6) is 0 Å². The van der Waals surface area contributed by atoms with E-state index in [2.05, 4.69) is 10.3 Å². The van der Waals surface area contributed by atoms with Crippen LogP contribution in [0.15, 0.2) is 12.5 Å². The Morgan fingerprint density at radius 3 is 3.00 bits per heavy atom. The summed E-state index contributed by atoms with van der Waals surface area (Å²) in [4.78, 5) is 14.4. The van der Waals surface area contributed by atoms with E-state index in [9.17, 15) is 4.79 Å². The largest absolute Gasteiger partial charge is 0.480 e. The maximum atomic E-state index is 10.6. The molecule has 6 nitrogen and oxygen atoms in total. The van der Waals surface area contributed by atoms with Gasteiger partial charge >= 0.3 is 5.97 Å². The zero-order valence-corrected chi connectivity index (χ0v) is 7.27.